The molecule has 0 bridgehead atoms. The van der Waals surface area contributed by atoms with Crippen LogP contribution in [0.5, 0.6) is 0 Å². The molecular formula is C18H28N2O12. The van der Waals surface area contributed by atoms with Crippen LogP contribution in [0.4, 0.5) is 4.79 Å². The van der Waals surface area contributed by atoms with Crippen LogP contribution in [0.15, 0.2) is 11.3 Å². The first-order valence-electron chi connectivity index (χ1n) is 10.1. The number of hydrogen-bond acceptors (Lipinski definition) is 12. The summed E-state index contributed by atoms with van der Waals surface area (Å²) in [6.07, 6.45) is -13.9. The smallest absolute Gasteiger partial charge is 0.338 e. The van der Waals surface area contributed by atoms with Crippen LogP contribution in [0.3, 0.4) is 0 Å². The first-order valence-corrected chi connectivity index (χ1v) is 10.1. The lowest BCUT2D eigenvalue weighted by molar-refractivity contribution is -0.220. The van der Waals surface area contributed by atoms with Crippen LogP contribution in [-0.2, 0) is 19.0 Å². The van der Waals surface area contributed by atoms with E-state index in [1.54, 1.807) is 0 Å². The first kappa shape index (κ1) is 24.8. The summed E-state index contributed by atoms with van der Waals surface area (Å²) in [6.45, 7) is 0.0444. The second-order valence-corrected chi connectivity index (χ2v) is 7.68. The molecule has 0 spiro atoms. The van der Waals surface area contributed by atoms with E-state index in [1.165, 1.54) is 6.92 Å². The summed E-state index contributed by atoms with van der Waals surface area (Å²) in [7, 11) is 0. The van der Waals surface area contributed by atoms with Crippen molar-refractivity contribution in [3.63, 3.8) is 0 Å². The molecule has 3 aliphatic heterocycles. The second-order valence-electron chi connectivity index (χ2n) is 7.68. The van der Waals surface area contributed by atoms with E-state index < -0.39 is 86.2 Å². The van der Waals surface area contributed by atoms with E-state index in [-0.39, 0.29) is 17.9 Å². The molecule has 182 valence electrons. The molecule has 0 aromatic rings. The molecule has 10 atom stereocenters. The van der Waals surface area contributed by atoms with Crippen molar-refractivity contribution in [1.29, 1.82) is 0 Å². The zero-order valence-electron chi connectivity index (χ0n) is 17.1. The van der Waals surface area contributed by atoms with Crippen molar-refractivity contribution in [3.05, 3.63) is 11.3 Å². The molecule has 3 aliphatic rings. The van der Waals surface area contributed by atoms with Crippen molar-refractivity contribution in [2.75, 3.05) is 19.8 Å². The van der Waals surface area contributed by atoms with E-state index >= 15 is 0 Å². The molecule has 2 fully saturated rings. The van der Waals surface area contributed by atoms with Gasteiger partial charge in [0.1, 0.15) is 54.9 Å². The topological polar surface area (TPSA) is 227 Å². The van der Waals surface area contributed by atoms with Gasteiger partial charge in [0.15, 0.2) is 0 Å². The highest BCUT2D eigenvalue weighted by atomic mass is 16.6. The van der Waals surface area contributed by atoms with Gasteiger partial charge < -0.3 is 60.6 Å². The summed E-state index contributed by atoms with van der Waals surface area (Å²) >= 11 is 0. The molecule has 32 heavy (non-hydrogen) atoms. The van der Waals surface area contributed by atoms with Crippen LogP contribution in [0.2, 0.25) is 0 Å². The van der Waals surface area contributed by atoms with Gasteiger partial charge in [0.05, 0.1) is 37.1 Å². The summed E-state index contributed by atoms with van der Waals surface area (Å²) in [5, 5.41) is 74.6. The van der Waals surface area contributed by atoms with E-state index in [2.05, 4.69) is 10.6 Å². The molecule has 2 saturated heterocycles. The zero-order chi connectivity index (χ0) is 23.7. The highest BCUT2D eigenvalue weighted by Crippen LogP contribution is 2.33. The molecule has 2 amide bonds. The summed E-state index contributed by atoms with van der Waals surface area (Å²) in [5.74, 6) is -0.991. The quantitative estimate of drug-likeness (QED) is 0.168. The predicted molar refractivity (Wildman–Crippen MR) is 101 cm³/mol. The predicted octanol–water partition coefficient (Wildman–Crippen LogP) is -5.19. The maximum absolute atomic E-state index is 12.8. The SMILES string of the molecule is CCOC(=O)C1=C([C@@H]2O[C@H](CO)[C@H](O)[C@H](O)[C@H]2O)NC(=O)NC1[C@@H]1O[C@H](CO)[C@@H](O)[C@H]1O. The number of ether oxygens (including phenoxy) is 3. The van der Waals surface area contributed by atoms with Crippen LogP contribution < -0.4 is 10.6 Å². The van der Waals surface area contributed by atoms with Crippen molar-refractivity contribution in [2.45, 2.75) is 67.9 Å². The minimum absolute atomic E-state index is 0.0824. The molecule has 9 N–H and O–H groups in total. The van der Waals surface area contributed by atoms with E-state index in [0.29, 0.717) is 0 Å². The van der Waals surface area contributed by atoms with Gasteiger partial charge in [-0.15, -0.1) is 0 Å². The van der Waals surface area contributed by atoms with Crippen molar-refractivity contribution in [2.24, 2.45) is 0 Å². The van der Waals surface area contributed by atoms with Gasteiger partial charge in [-0.05, 0) is 6.92 Å². The molecule has 14 nitrogen and oxygen atoms in total. The molecule has 0 radical (unpaired) electrons. The number of carbonyl (C=O) groups is 2. The highest BCUT2D eigenvalue weighted by Gasteiger charge is 2.53. The first-order chi connectivity index (χ1) is 15.2. The zero-order valence-corrected chi connectivity index (χ0v) is 17.1. The van der Waals surface area contributed by atoms with Crippen LogP contribution in [0.25, 0.3) is 0 Å². The Morgan fingerprint density at radius 2 is 1.53 bits per heavy atom. The van der Waals surface area contributed by atoms with Crippen molar-refractivity contribution < 1.29 is 59.5 Å². The lowest BCUT2D eigenvalue weighted by Crippen LogP contribution is -2.64. The Hall–Kier alpha value is -1.88. The number of aliphatic hydroxyl groups excluding tert-OH is 7. The fourth-order valence-corrected chi connectivity index (χ4v) is 4.07. The summed E-state index contributed by atoms with van der Waals surface area (Å²) < 4.78 is 16.0. The van der Waals surface area contributed by atoms with Crippen LogP contribution in [0.1, 0.15) is 6.92 Å². The third-order valence-corrected chi connectivity index (χ3v) is 5.72. The summed E-state index contributed by atoms with van der Waals surface area (Å²) in [4.78, 5) is 25.2. The average Bonchev–Trinajstić information content (AvgIpc) is 3.05. The van der Waals surface area contributed by atoms with E-state index in [1.807, 2.05) is 0 Å². The van der Waals surface area contributed by atoms with Gasteiger partial charge in [0.25, 0.3) is 0 Å². The molecule has 0 aromatic heterocycles. The molecule has 0 aromatic carbocycles. The number of esters is 1. The van der Waals surface area contributed by atoms with Gasteiger partial charge in [0.2, 0.25) is 0 Å². The molecule has 3 rings (SSSR count). The van der Waals surface area contributed by atoms with Gasteiger partial charge in [-0.3, -0.25) is 0 Å². The lowest BCUT2D eigenvalue weighted by Gasteiger charge is -2.43. The number of amides is 2. The van der Waals surface area contributed by atoms with Crippen LogP contribution in [0, 0.1) is 0 Å². The van der Waals surface area contributed by atoms with Crippen LogP contribution >= 0.6 is 0 Å². The molecule has 3 heterocycles. The number of hydrogen-bond donors (Lipinski definition) is 9. The largest absolute Gasteiger partial charge is 0.463 e. The number of aliphatic hydroxyl groups is 7. The minimum atomic E-state index is -1.82. The number of carbonyl (C=O) groups excluding carboxylic acids is 2. The van der Waals surface area contributed by atoms with E-state index in [9.17, 15) is 45.3 Å². The standard InChI is InChI=1S/C18H28N2O12/c1-2-30-17(28)7-8(15-13(26)11(24)6(4-22)32-15)19-18(29)20-9(7)16-14(27)12(25)10(23)5(3-21)31-16/h5-6,8,10-16,21-27H,2-4H2,1H3,(H2,19,20,29)/t5-,6-,8?,10+,11-,12+,13-,14-,15+,16+/m1/s1. The van der Waals surface area contributed by atoms with E-state index in [4.69, 9.17) is 14.2 Å². The van der Waals surface area contributed by atoms with Crippen LogP contribution in [-0.4, -0.2) is 129 Å². The summed E-state index contributed by atoms with van der Waals surface area (Å²) in [5.41, 5.74) is -0.683. The molecule has 0 saturated carbocycles. The Kier molecular flexibility index (Phi) is 7.69. The van der Waals surface area contributed by atoms with Crippen molar-refractivity contribution in [3.8, 4) is 0 Å². The maximum atomic E-state index is 12.8. The molecule has 1 unspecified atom stereocenters. The third-order valence-electron chi connectivity index (χ3n) is 5.72. The Bertz CT molecular complexity index is 745. The minimum Gasteiger partial charge on any atom is -0.463 e. The highest BCUT2D eigenvalue weighted by molar-refractivity contribution is 5.95. The molecular weight excluding hydrogens is 436 g/mol. The lowest BCUT2D eigenvalue weighted by atomic mass is 9.87. The van der Waals surface area contributed by atoms with Gasteiger partial charge >= 0.3 is 12.0 Å². The van der Waals surface area contributed by atoms with Gasteiger partial charge in [-0.25, -0.2) is 9.59 Å². The Labute approximate surface area is 182 Å². The fraction of sp³-hybridized carbons (Fsp3) is 0.778. The summed E-state index contributed by atoms with van der Waals surface area (Å²) in [6, 6.07) is -2.31. The number of urea groups is 1. The second kappa shape index (κ2) is 9.94. The fourth-order valence-electron chi connectivity index (χ4n) is 4.07. The van der Waals surface area contributed by atoms with Crippen molar-refractivity contribution >= 4 is 12.0 Å². The number of rotatable bonds is 6. The Morgan fingerprint density at radius 3 is 2.09 bits per heavy atom. The average molecular weight is 464 g/mol. The Balaban J connectivity index is 2.08. The normalized spacial score (nSPS) is 42.4. The monoisotopic (exact) mass is 464 g/mol. The van der Waals surface area contributed by atoms with Gasteiger partial charge in [-0.2, -0.15) is 0 Å². The maximum Gasteiger partial charge on any atom is 0.338 e. The van der Waals surface area contributed by atoms with E-state index in [0.717, 1.165) is 0 Å². The van der Waals surface area contributed by atoms with Gasteiger partial charge in [-0.1, -0.05) is 0 Å². The molecule has 0 aliphatic carbocycles. The van der Waals surface area contributed by atoms with Gasteiger partial charge in [0, 0.05) is 0 Å². The van der Waals surface area contributed by atoms with Crippen molar-refractivity contribution in [1.82, 2.24) is 10.6 Å². The third kappa shape index (κ3) is 4.33. The Morgan fingerprint density at radius 1 is 0.938 bits per heavy atom. The number of nitrogens with one attached hydrogen (secondary N) is 2. The molecule has 14 heteroatoms.